The molecule has 0 bridgehead atoms. The minimum absolute atomic E-state index is 0.881. The van der Waals surface area contributed by atoms with Crippen LogP contribution in [0.4, 0.5) is 0 Å². The van der Waals surface area contributed by atoms with Gasteiger partial charge in [-0.05, 0) is 255 Å². The Morgan fingerprint density at radius 1 is 0.287 bits per heavy atom. The van der Waals surface area contributed by atoms with E-state index in [0.29, 0.717) is 0 Å². The molecule has 0 fully saturated rings. The van der Waals surface area contributed by atoms with Crippen molar-refractivity contribution in [3.8, 4) is 44.5 Å². The van der Waals surface area contributed by atoms with Gasteiger partial charge in [0.25, 0.3) is 0 Å². The lowest BCUT2D eigenvalue weighted by Crippen LogP contribution is -2.06. The van der Waals surface area contributed by atoms with E-state index in [1.54, 1.807) is 0 Å². The van der Waals surface area contributed by atoms with Gasteiger partial charge in [-0.1, -0.05) is 212 Å². The van der Waals surface area contributed by atoms with Crippen LogP contribution in [0, 0.1) is 13.8 Å². The topological polar surface area (TPSA) is 0 Å². The Morgan fingerprint density at radius 2 is 0.762 bits per heavy atom. The molecule has 15 aromatic carbocycles. The summed E-state index contributed by atoms with van der Waals surface area (Å²) in [5.41, 5.74) is 20.8. The first-order chi connectivity index (χ1) is 39.5. The molecule has 0 atom stereocenters. The summed E-state index contributed by atoms with van der Waals surface area (Å²) in [6.45, 7) is 4.59. The molecule has 0 nitrogen and oxygen atoms in total. The van der Waals surface area contributed by atoms with Crippen molar-refractivity contribution in [2.45, 2.75) is 26.7 Å². The van der Waals surface area contributed by atoms with Crippen LogP contribution in [0.5, 0.6) is 0 Å². The van der Waals surface area contributed by atoms with Crippen LogP contribution in [-0.4, -0.2) is 0 Å². The Morgan fingerprint density at radius 3 is 1.41 bits per heavy atom. The molecular weight excluding hydrogens is 961 g/mol. The molecule has 0 N–H and O–H groups in total. The summed E-state index contributed by atoms with van der Waals surface area (Å²) in [5, 5.41) is 23.4. The molecule has 0 heteroatoms. The summed E-state index contributed by atoms with van der Waals surface area (Å²) in [6.07, 6.45) is 9.05. The van der Waals surface area contributed by atoms with Crippen LogP contribution >= 0.6 is 0 Å². The Balaban J connectivity index is 0.834. The van der Waals surface area contributed by atoms with E-state index >= 15 is 0 Å². The van der Waals surface area contributed by atoms with Gasteiger partial charge in [0, 0.05) is 0 Å². The van der Waals surface area contributed by atoms with E-state index in [9.17, 15) is 0 Å². The lowest BCUT2D eigenvalue weighted by Gasteiger charge is -2.27. The number of hydrogen-bond acceptors (Lipinski definition) is 0. The van der Waals surface area contributed by atoms with Crippen molar-refractivity contribution in [2.24, 2.45) is 0 Å². The van der Waals surface area contributed by atoms with Crippen molar-refractivity contribution >= 4 is 109 Å². The zero-order valence-corrected chi connectivity index (χ0v) is 44.7. The summed E-state index contributed by atoms with van der Waals surface area (Å²) >= 11 is 0. The highest BCUT2D eigenvalue weighted by atomic mass is 14.3. The molecule has 80 heavy (non-hydrogen) atoms. The first-order valence-electron chi connectivity index (χ1n) is 28.3. The fraction of sp³-hybridized carbons (Fsp3) is 0.0500. The van der Waals surface area contributed by atoms with E-state index in [4.69, 9.17) is 0 Å². The Bertz CT molecular complexity index is 5270. The van der Waals surface area contributed by atoms with E-state index < -0.39 is 0 Å². The van der Waals surface area contributed by atoms with E-state index in [0.717, 1.165) is 12.8 Å². The molecule has 0 heterocycles. The Labute approximate surface area is 464 Å². The molecule has 0 radical (unpaired) electrons. The molecule has 0 aliphatic heterocycles. The smallest absolute Gasteiger partial charge is 0.00230 e. The standard InChI is InChI=1S/C80H52/c1-47-62-20-11-12-21-63(62)48(2)70-43-60(37-38-64(47)70)65-39-36-54-35-34-51-19-13-25-69-75(46-74(65)79(54)78(51)69)80-68-24-10-7-18-59(68)44-72-73(80)45-58-17-6-9-23-67(58)77(72)53-32-28-50(29-33-53)49-26-30-52(31-27-49)76-66-22-8-5-16-57(66)41-61-40-55-14-3-4-15-56(55)42-71(61)76/h3-24,26-35,37-46H,25,36H2,1-2H3. The van der Waals surface area contributed by atoms with Crippen LogP contribution in [0.2, 0.25) is 0 Å². The van der Waals surface area contributed by atoms with Gasteiger partial charge >= 0.3 is 0 Å². The number of hydrogen-bond donors (Lipinski definition) is 0. The number of aryl methyl sites for hydroxylation is 2. The Hall–Kier alpha value is -9.88. The third-order valence-corrected chi connectivity index (χ3v) is 18.4. The minimum atomic E-state index is 0.881. The van der Waals surface area contributed by atoms with Gasteiger partial charge in [-0.25, -0.2) is 0 Å². The van der Waals surface area contributed by atoms with Crippen molar-refractivity contribution in [1.82, 2.24) is 0 Å². The third-order valence-electron chi connectivity index (χ3n) is 18.4. The summed E-state index contributed by atoms with van der Waals surface area (Å²) in [5.74, 6) is 0. The first kappa shape index (κ1) is 45.2. The van der Waals surface area contributed by atoms with Crippen molar-refractivity contribution in [3.05, 3.63) is 288 Å². The minimum Gasteiger partial charge on any atom is -0.0795 e. The number of allylic oxidation sites excluding steroid dienone is 2. The van der Waals surface area contributed by atoms with Crippen molar-refractivity contribution in [2.75, 3.05) is 0 Å². The lowest BCUT2D eigenvalue weighted by atomic mass is 9.76. The zero-order valence-electron chi connectivity index (χ0n) is 44.7. The van der Waals surface area contributed by atoms with Crippen LogP contribution in [0.25, 0.3) is 153 Å². The van der Waals surface area contributed by atoms with Crippen LogP contribution in [0.3, 0.4) is 0 Å². The molecule has 0 aromatic heterocycles. The van der Waals surface area contributed by atoms with Gasteiger partial charge in [-0.3, -0.25) is 0 Å². The summed E-state index contributed by atoms with van der Waals surface area (Å²) in [6, 6.07) is 89.8. The highest BCUT2D eigenvalue weighted by Crippen LogP contribution is 2.51. The fourth-order valence-electron chi connectivity index (χ4n) is 14.6. The van der Waals surface area contributed by atoms with E-state index in [1.807, 2.05) is 0 Å². The van der Waals surface area contributed by atoms with Crippen LogP contribution in [0.15, 0.2) is 249 Å². The van der Waals surface area contributed by atoms with Crippen molar-refractivity contribution in [1.29, 1.82) is 0 Å². The highest BCUT2D eigenvalue weighted by molar-refractivity contribution is 6.24. The quantitative estimate of drug-likeness (QED) is 0.151. The van der Waals surface area contributed by atoms with Gasteiger partial charge in [-0.2, -0.15) is 0 Å². The molecule has 0 saturated heterocycles. The summed E-state index contributed by atoms with van der Waals surface area (Å²) in [4.78, 5) is 0. The third kappa shape index (κ3) is 6.69. The molecule has 0 amide bonds. The molecule has 2 aliphatic rings. The molecule has 0 unspecified atom stereocenters. The zero-order chi connectivity index (χ0) is 52.7. The summed E-state index contributed by atoms with van der Waals surface area (Å²) < 4.78 is 0. The van der Waals surface area contributed by atoms with E-state index in [-0.39, 0.29) is 0 Å². The van der Waals surface area contributed by atoms with E-state index in [1.165, 1.54) is 186 Å². The van der Waals surface area contributed by atoms with Gasteiger partial charge in [0.15, 0.2) is 0 Å². The average Bonchev–Trinajstić information content (AvgIpc) is 3.58. The predicted molar refractivity (Wildman–Crippen MR) is 345 cm³/mol. The van der Waals surface area contributed by atoms with Crippen molar-refractivity contribution < 1.29 is 0 Å². The highest BCUT2D eigenvalue weighted by Gasteiger charge is 2.27. The van der Waals surface area contributed by atoms with Gasteiger partial charge in [0.05, 0.1) is 0 Å². The SMILES string of the molecule is Cc1c2ccccc2c(C)c2cc(C3=CCc4ccc5c6c(c(-c7c8ccccc8cc8c(-c9ccc(-c%10ccc(-c%11c%12ccccc%12cc%12cc%13ccccc%13cc%11%12)cc%10)cc9)c9ccccc9cc78)cc3c46)CC=C5)ccc12. The van der Waals surface area contributed by atoms with Gasteiger partial charge in [-0.15, -0.1) is 0 Å². The Kier molecular flexibility index (Phi) is 9.77. The molecule has 2 aliphatic carbocycles. The van der Waals surface area contributed by atoms with Crippen LogP contribution in [-0.2, 0) is 12.8 Å². The van der Waals surface area contributed by atoms with E-state index in [2.05, 4.69) is 269 Å². The lowest BCUT2D eigenvalue weighted by molar-refractivity contribution is 1.24. The second kappa shape index (κ2) is 17.3. The maximum Gasteiger partial charge on any atom is -0.00230 e. The molecule has 15 aromatic rings. The number of fused-ring (bicyclic) bond motifs is 8. The maximum absolute atomic E-state index is 2.60. The molecule has 17 rings (SSSR count). The van der Waals surface area contributed by atoms with Gasteiger partial charge in [0.2, 0.25) is 0 Å². The molecule has 0 saturated carbocycles. The fourth-order valence-corrected chi connectivity index (χ4v) is 14.6. The second-order valence-electron chi connectivity index (χ2n) is 22.6. The van der Waals surface area contributed by atoms with Gasteiger partial charge in [0.1, 0.15) is 0 Å². The first-order valence-corrected chi connectivity index (χ1v) is 28.3. The largest absolute Gasteiger partial charge is 0.0795 e. The summed E-state index contributed by atoms with van der Waals surface area (Å²) in [7, 11) is 0. The number of benzene rings is 15. The van der Waals surface area contributed by atoms with Crippen molar-refractivity contribution in [3.63, 3.8) is 0 Å². The second-order valence-corrected chi connectivity index (χ2v) is 22.6. The maximum atomic E-state index is 2.60. The monoisotopic (exact) mass is 1010 g/mol. The molecule has 0 spiro atoms. The predicted octanol–water partition coefficient (Wildman–Crippen LogP) is 21.9. The van der Waals surface area contributed by atoms with Gasteiger partial charge < -0.3 is 0 Å². The van der Waals surface area contributed by atoms with Crippen LogP contribution < -0.4 is 0 Å². The normalized spacial score (nSPS) is 13.1. The molecule has 372 valence electrons. The average molecular weight is 1010 g/mol. The molecular formula is C80H52. The number of rotatable bonds is 5. The van der Waals surface area contributed by atoms with Crippen LogP contribution in [0.1, 0.15) is 38.9 Å².